The van der Waals surface area contributed by atoms with Gasteiger partial charge in [-0.2, -0.15) is 0 Å². The van der Waals surface area contributed by atoms with Crippen LogP contribution in [0.3, 0.4) is 0 Å². The van der Waals surface area contributed by atoms with Crippen molar-refractivity contribution in [2.75, 3.05) is 37.6 Å². The van der Waals surface area contributed by atoms with Gasteiger partial charge in [-0.05, 0) is 48.9 Å². The maximum absolute atomic E-state index is 5.84. The number of anilines is 1. The fourth-order valence-electron chi connectivity index (χ4n) is 4.13. The van der Waals surface area contributed by atoms with Crippen molar-refractivity contribution < 1.29 is 0 Å². The Labute approximate surface area is 141 Å². The highest BCUT2D eigenvalue weighted by atomic mass is 15.3. The van der Waals surface area contributed by atoms with E-state index in [9.17, 15) is 0 Å². The molecular weight excluding hydrogens is 282 g/mol. The number of rotatable bonds is 4. The molecule has 3 heteroatoms. The van der Waals surface area contributed by atoms with E-state index >= 15 is 0 Å². The van der Waals surface area contributed by atoms with Crippen molar-refractivity contribution in [1.29, 1.82) is 0 Å². The Bertz CT molecular complexity index is 538. The Morgan fingerprint density at radius 2 is 1.83 bits per heavy atom. The molecule has 1 aromatic carbocycles. The highest BCUT2D eigenvalue weighted by Gasteiger charge is 2.21. The summed E-state index contributed by atoms with van der Waals surface area (Å²) in [5, 5.41) is 0. The summed E-state index contributed by atoms with van der Waals surface area (Å²) in [6, 6.07) is 6.56. The summed E-state index contributed by atoms with van der Waals surface area (Å²) >= 11 is 0. The van der Waals surface area contributed by atoms with Crippen LogP contribution in [0.2, 0.25) is 0 Å². The van der Waals surface area contributed by atoms with E-state index < -0.39 is 0 Å². The van der Waals surface area contributed by atoms with E-state index in [4.69, 9.17) is 5.73 Å². The maximum Gasteiger partial charge on any atom is 0.0370 e. The standard InChI is InChI=1S/C20H31N3/c1-16-14-19(8-9-20(16)17(2)21)23-12-10-22(11-13-23)15-18-6-4-3-5-7-18/h8-9,14,18H,2-7,10-13,15,21H2,1H3. The fraction of sp³-hybridized carbons (Fsp3) is 0.600. The minimum Gasteiger partial charge on any atom is -0.399 e. The van der Waals surface area contributed by atoms with Crippen molar-refractivity contribution in [3.05, 3.63) is 35.9 Å². The largest absolute Gasteiger partial charge is 0.399 e. The monoisotopic (exact) mass is 313 g/mol. The second kappa shape index (κ2) is 7.39. The van der Waals surface area contributed by atoms with Crippen LogP contribution < -0.4 is 10.6 Å². The van der Waals surface area contributed by atoms with E-state index in [2.05, 4.69) is 41.5 Å². The van der Waals surface area contributed by atoms with Crippen molar-refractivity contribution in [2.45, 2.75) is 39.0 Å². The molecule has 1 aromatic rings. The van der Waals surface area contributed by atoms with Crippen molar-refractivity contribution in [3.63, 3.8) is 0 Å². The number of benzene rings is 1. The number of piperazine rings is 1. The SMILES string of the molecule is C=C(N)c1ccc(N2CCN(CC3CCCCC3)CC2)cc1C. The van der Waals surface area contributed by atoms with E-state index in [1.165, 1.54) is 63.0 Å². The summed E-state index contributed by atoms with van der Waals surface area (Å²) in [4.78, 5) is 5.18. The van der Waals surface area contributed by atoms with Crippen molar-refractivity contribution in [2.24, 2.45) is 11.7 Å². The summed E-state index contributed by atoms with van der Waals surface area (Å²) < 4.78 is 0. The van der Waals surface area contributed by atoms with Crippen LogP contribution in [0, 0.1) is 12.8 Å². The first kappa shape index (κ1) is 16.4. The first-order valence-electron chi connectivity index (χ1n) is 9.16. The Hall–Kier alpha value is -1.48. The second-order valence-electron chi connectivity index (χ2n) is 7.32. The number of nitrogens with zero attached hydrogens (tertiary/aromatic N) is 2. The molecule has 0 spiro atoms. The predicted molar refractivity (Wildman–Crippen MR) is 99.6 cm³/mol. The smallest absolute Gasteiger partial charge is 0.0370 e. The average Bonchev–Trinajstić information content (AvgIpc) is 2.56. The number of hydrogen-bond donors (Lipinski definition) is 1. The van der Waals surface area contributed by atoms with E-state index in [1.807, 2.05) is 0 Å². The van der Waals surface area contributed by atoms with Gasteiger partial charge in [-0.1, -0.05) is 31.9 Å². The van der Waals surface area contributed by atoms with Crippen LogP contribution in [0.25, 0.3) is 5.70 Å². The van der Waals surface area contributed by atoms with Gasteiger partial charge in [0, 0.05) is 44.1 Å². The quantitative estimate of drug-likeness (QED) is 0.921. The van der Waals surface area contributed by atoms with Crippen LogP contribution in [0.15, 0.2) is 24.8 Å². The Balaban J connectivity index is 1.54. The lowest BCUT2D eigenvalue weighted by molar-refractivity contribution is 0.192. The Morgan fingerprint density at radius 1 is 1.13 bits per heavy atom. The molecule has 1 heterocycles. The van der Waals surface area contributed by atoms with Crippen molar-refractivity contribution in [1.82, 2.24) is 4.90 Å². The van der Waals surface area contributed by atoms with Crippen LogP contribution in [0.5, 0.6) is 0 Å². The molecule has 0 aromatic heterocycles. The number of aryl methyl sites for hydroxylation is 1. The zero-order chi connectivity index (χ0) is 16.2. The zero-order valence-corrected chi connectivity index (χ0v) is 14.6. The van der Waals surface area contributed by atoms with Gasteiger partial charge in [0.15, 0.2) is 0 Å². The van der Waals surface area contributed by atoms with Gasteiger partial charge in [-0.15, -0.1) is 0 Å². The molecule has 2 aliphatic rings. The van der Waals surface area contributed by atoms with Crippen LogP contribution in [-0.4, -0.2) is 37.6 Å². The van der Waals surface area contributed by atoms with Gasteiger partial charge in [-0.3, -0.25) is 4.90 Å². The molecule has 23 heavy (non-hydrogen) atoms. The molecule has 126 valence electrons. The van der Waals surface area contributed by atoms with Gasteiger partial charge in [0.25, 0.3) is 0 Å². The summed E-state index contributed by atoms with van der Waals surface area (Å²) in [6.45, 7) is 11.9. The van der Waals surface area contributed by atoms with E-state index in [0.29, 0.717) is 5.70 Å². The molecule has 1 saturated carbocycles. The first-order chi connectivity index (χ1) is 11.1. The molecule has 0 atom stereocenters. The zero-order valence-electron chi connectivity index (χ0n) is 14.6. The lowest BCUT2D eigenvalue weighted by Gasteiger charge is -2.38. The van der Waals surface area contributed by atoms with Crippen LogP contribution in [-0.2, 0) is 0 Å². The first-order valence-corrected chi connectivity index (χ1v) is 9.16. The molecule has 1 aliphatic carbocycles. The van der Waals surface area contributed by atoms with Crippen molar-refractivity contribution in [3.8, 4) is 0 Å². The summed E-state index contributed by atoms with van der Waals surface area (Å²) in [5.74, 6) is 0.951. The van der Waals surface area contributed by atoms with Gasteiger partial charge >= 0.3 is 0 Å². The highest BCUT2D eigenvalue weighted by Crippen LogP contribution is 2.26. The molecular formula is C20H31N3. The molecule has 2 N–H and O–H groups in total. The third kappa shape index (κ3) is 4.08. The molecule has 3 rings (SSSR count). The third-order valence-corrected chi connectivity index (χ3v) is 5.53. The summed E-state index contributed by atoms with van der Waals surface area (Å²) in [5.41, 5.74) is 10.1. The van der Waals surface area contributed by atoms with E-state index in [1.54, 1.807) is 0 Å². The lowest BCUT2D eigenvalue weighted by atomic mass is 9.89. The Kier molecular flexibility index (Phi) is 5.27. The van der Waals surface area contributed by atoms with Crippen LogP contribution in [0.4, 0.5) is 5.69 Å². The normalized spacial score (nSPS) is 20.7. The molecule has 0 radical (unpaired) electrons. The van der Waals surface area contributed by atoms with Gasteiger partial charge in [-0.25, -0.2) is 0 Å². The molecule has 0 bridgehead atoms. The average molecular weight is 313 g/mol. The predicted octanol–water partition coefficient (Wildman–Crippen LogP) is 3.63. The molecule has 0 unspecified atom stereocenters. The van der Waals surface area contributed by atoms with Gasteiger partial charge in [0.2, 0.25) is 0 Å². The van der Waals surface area contributed by atoms with Crippen LogP contribution >= 0.6 is 0 Å². The minimum atomic E-state index is 0.659. The topological polar surface area (TPSA) is 32.5 Å². The van der Waals surface area contributed by atoms with Crippen LogP contribution in [0.1, 0.15) is 43.2 Å². The van der Waals surface area contributed by atoms with E-state index in [0.717, 1.165) is 24.6 Å². The minimum absolute atomic E-state index is 0.659. The molecule has 0 amide bonds. The Morgan fingerprint density at radius 3 is 2.43 bits per heavy atom. The molecule has 2 fully saturated rings. The highest BCUT2D eigenvalue weighted by molar-refractivity contribution is 5.66. The summed E-state index contributed by atoms with van der Waals surface area (Å²) in [7, 11) is 0. The van der Waals surface area contributed by atoms with Gasteiger partial charge in [0.1, 0.15) is 0 Å². The van der Waals surface area contributed by atoms with Gasteiger partial charge in [0.05, 0.1) is 0 Å². The van der Waals surface area contributed by atoms with E-state index in [-0.39, 0.29) is 0 Å². The van der Waals surface area contributed by atoms with Crippen molar-refractivity contribution >= 4 is 11.4 Å². The maximum atomic E-state index is 5.84. The summed E-state index contributed by atoms with van der Waals surface area (Å²) in [6.07, 6.45) is 7.24. The number of hydrogen-bond acceptors (Lipinski definition) is 3. The fourth-order valence-corrected chi connectivity index (χ4v) is 4.13. The molecule has 3 nitrogen and oxygen atoms in total. The second-order valence-corrected chi connectivity index (χ2v) is 7.32. The number of nitrogens with two attached hydrogens (primary N) is 1. The molecule has 1 aliphatic heterocycles. The lowest BCUT2D eigenvalue weighted by Crippen LogP contribution is -2.48. The van der Waals surface area contributed by atoms with Gasteiger partial charge < -0.3 is 10.6 Å². The third-order valence-electron chi connectivity index (χ3n) is 5.53. The molecule has 1 saturated heterocycles.